The first-order valence-corrected chi connectivity index (χ1v) is 20.8. The minimum absolute atomic E-state index is 0.00920. The van der Waals surface area contributed by atoms with E-state index in [1.54, 1.807) is 0 Å². The Morgan fingerprint density at radius 1 is 0.918 bits per heavy atom. The van der Waals surface area contributed by atoms with E-state index >= 15 is 0 Å². The van der Waals surface area contributed by atoms with Crippen LogP contribution in [0.5, 0.6) is 0 Å². The molecule has 0 amide bonds. The Kier molecular flexibility index (Phi) is 8.15. The van der Waals surface area contributed by atoms with Gasteiger partial charge in [0.1, 0.15) is 6.17 Å². The summed E-state index contributed by atoms with van der Waals surface area (Å²) in [4.78, 5) is 0. The van der Waals surface area contributed by atoms with E-state index in [0.717, 1.165) is 51.4 Å². The van der Waals surface area contributed by atoms with E-state index in [4.69, 9.17) is 4.74 Å². The van der Waals surface area contributed by atoms with Gasteiger partial charge >= 0.3 is 0 Å². The smallest absolute Gasteiger partial charge is 0.181 e. The second kappa shape index (κ2) is 11.2. The molecule has 7 unspecified atom stereocenters. The minimum atomic E-state index is -1.82. The molecule has 278 valence electrons. The molecule has 8 aliphatic rings. The third-order valence-electron chi connectivity index (χ3n) is 18.0. The molecule has 1 saturated heterocycles. The summed E-state index contributed by atoms with van der Waals surface area (Å²) in [6, 6.07) is 0. The molecule has 0 spiro atoms. The summed E-state index contributed by atoms with van der Waals surface area (Å²) < 4.78 is 19.9. The number of alkyl halides is 1. The summed E-state index contributed by atoms with van der Waals surface area (Å²) in [5.41, 5.74) is 1.83. The predicted molar refractivity (Wildman–Crippen MR) is 190 cm³/mol. The summed E-state index contributed by atoms with van der Waals surface area (Å²) >= 11 is 2.11. The summed E-state index contributed by atoms with van der Waals surface area (Å²) in [7, 11) is 0. The van der Waals surface area contributed by atoms with Crippen molar-refractivity contribution in [1.82, 2.24) is 0 Å². The van der Waals surface area contributed by atoms with Crippen LogP contribution < -0.4 is 0 Å². The van der Waals surface area contributed by atoms with Gasteiger partial charge in [-0.15, -0.1) is 0 Å². The van der Waals surface area contributed by atoms with Gasteiger partial charge in [0.2, 0.25) is 0 Å². The summed E-state index contributed by atoms with van der Waals surface area (Å²) in [5, 5.41) is 56.6. The third-order valence-corrected chi connectivity index (χ3v) is 19.9. The van der Waals surface area contributed by atoms with Gasteiger partial charge in [-0.05, 0) is 122 Å². The lowest BCUT2D eigenvalue weighted by molar-refractivity contribution is -0.404. The second-order valence-electron chi connectivity index (χ2n) is 20.7. The summed E-state index contributed by atoms with van der Waals surface area (Å²) in [6.07, 6.45) is 10.00. The van der Waals surface area contributed by atoms with Crippen molar-refractivity contribution >= 4 is 11.8 Å². The van der Waals surface area contributed by atoms with Crippen LogP contribution >= 0.6 is 11.8 Å². The van der Waals surface area contributed by atoms with Crippen LogP contribution in [0.25, 0.3) is 0 Å². The topological polar surface area (TPSA) is 110 Å². The summed E-state index contributed by atoms with van der Waals surface area (Å²) in [6.45, 7) is 17.1. The van der Waals surface area contributed by atoms with E-state index in [9.17, 15) is 29.9 Å². The SMILES string of the molecule is CC1(C)CC[C@]2([C@H](O)[C@H]3OC4(O)C(CO)[C@H](O)C(O)C34)CC[C@]3(C)C(=CCC4[C@@]5(C)CC[C@H](SC6CC(F)C6)C(C)(C)C5CC[C@]43C)C2C1. The van der Waals surface area contributed by atoms with Crippen LogP contribution in [0.1, 0.15) is 126 Å². The molecule has 0 aromatic heterocycles. The van der Waals surface area contributed by atoms with Crippen LogP contribution in [-0.4, -0.2) is 79.0 Å². The first-order valence-electron chi connectivity index (χ1n) is 19.8. The monoisotopic (exact) mass is 704 g/mol. The molecule has 7 fully saturated rings. The van der Waals surface area contributed by atoms with Crippen LogP contribution in [0.15, 0.2) is 11.6 Å². The Morgan fingerprint density at radius 2 is 1.61 bits per heavy atom. The molecule has 1 aliphatic heterocycles. The van der Waals surface area contributed by atoms with Crippen LogP contribution in [-0.2, 0) is 4.74 Å². The molecule has 8 heteroatoms. The van der Waals surface area contributed by atoms with Gasteiger partial charge in [0.15, 0.2) is 5.79 Å². The molecule has 49 heavy (non-hydrogen) atoms. The fourth-order valence-electron chi connectivity index (χ4n) is 14.7. The molecule has 0 radical (unpaired) electrons. The fraction of sp³-hybridized carbons (Fsp3) is 0.951. The van der Waals surface area contributed by atoms with Crippen LogP contribution in [0.3, 0.4) is 0 Å². The molecular weight excluding hydrogens is 640 g/mol. The lowest BCUT2D eigenvalue weighted by Crippen LogP contribution is -2.71. The number of hydrogen-bond donors (Lipinski definition) is 5. The number of ether oxygens (including phenoxy) is 1. The zero-order valence-corrected chi connectivity index (χ0v) is 31.9. The highest BCUT2D eigenvalue weighted by Gasteiger charge is 2.75. The van der Waals surface area contributed by atoms with E-state index in [-0.39, 0.29) is 33.0 Å². The maximum absolute atomic E-state index is 13.8. The Hall–Kier alpha value is -0.220. The van der Waals surface area contributed by atoms with Gasteiger partial charge in [-0.1, -0.05) is 60.1 Å². The van der Waals surface area contributed by atoms with Crippen LogP contribution in [0.4, 0.5) is 4.39 Å². The number of hydrogen-bond acceptors (Lipinski definition) is 7. The van der Waals surface area contributed by atoms with Crippen LogP contribution in [0.2, 0.25) is 0 Å². The van der Waals surface area contributed by atoms with Crippen molar-refractivity contribution in [3.8, 4) is 0 Å². The molecule has 0 bridgehead atoms. The highest BCUT2D eigenvalue weighted by Crippen LogP contribution is 2.77. The van der Waals surface area contributed by atoms with Crippen molar-refractivity contribution in [3.63, 3.8) is 0 Å². The largest absolute Gasteiger partial charge is 0.396 e. The maximum Gasteiger partial charge on any atom is 0.181 e. The molecule has 0 aromatic rings. The van der Waals surface area contributed by atoms with E-state index in [1.807, 2.05) is 0 Å². The van der Waals surface area contributed by atoms with Gasteiger partial charge in [-0.3, -0.25) is 0 Å². The highest BCUT2D eigenvalue weighted by atomic mass is 32.2. The van der Waals surface area contributed by atoms with Gasteiger partial charge < -0.3 is 30.3 Å². The van der Waals surface area contributed by atoms with Gasteiger partial charge in [-0.2, -0.15) is 11.8 Å². The quantitative estimate of drug-likeness (QED) is 0.200. The number of thioether (sulfide) groups is 1. The Labute approximate surface area is 298 Å². The van der Waals surface area contributed by atoms with Gasteiger partial charge in [0.05, 0.1) is 42.9 Å². The third kappa shape index (κ3) is 4.59. The van der Waals surface area contributed by atoms with E-state index in [1.165, 1.54) is 31.3 Å². The fourth-order valence-corrected chi connectivity index (χ4v) is 16.6. The lowest BCUT2D eigenvalue weighted by Gasteiger charge is -2.72. The number of allylic oxidation sites excluding steroid dienone is 2. The van der Waals surface area contributed by atoms with E-state index in [2.05, 4.69) is 66.3 Å². The van der Waals surface area contributed by atoms with Crippen molar-refractivity contribution in [1.29, 1.82) is 0 Å². The first kappa shape index (κ1) is 35.8. The Balaban J connectivity index is 1.11. The highest BCUT2D eigenvalue weighted by molar-refractivity contribution is 8.00. The van der Waals surface area contributed by atoms with E-state index < -0.39 is 60.2 Å². The maximum atomic E-state index is 13.8. The van der Waals surface area contributed by atoms with Crippen molar-refractivity contribution in [2.45, 2.75) is 172 Å². The molecule has 6 nitrogen and oxygen atoms in total. The average molecular weight is 705 g/mol. The van der Waals surface area contributed by atoms with Gasteiger partial charge in [0, 0.05) is 15.9 Å². The van der Waals surface area contributed by atoms with Gasteiger partial charge in [0.25, 0.3) is 0 Å². The molecule has 1 heterocycles. The molecular formula is C41H65FO6S. The average Bonchev–Trinajstić information content (AvgIpc) is 3.13. The van der Waals surface area contributed by atoms with Crippen LogP contribution in [0, 0.1) is 62.1 Å². The number of halogens is 1. The van der Waals surface area contributed by atoms with E-state index in [0.29, 0.717) is 22.3 Å². The van der Waals surface area contributed by atoms with Gasteiger partial charge in [-0.25, -0.2) is 4.39 Å². The predicted octanol–water partition coefficient (Wildman–Crippen LogP) is 6.80. The standard InChI is InChI=1S/C41H65FO6S/c1-35(2)14-16-40(34(46)33-30-32(45)31(44)26(21-43)41(30,47)48-33)17-15-38(6)24(25(40)20-35)8-9-28-37(5)12-11-29(49-23-18-22(42)19-23)36(3,4)27(37)10-13-39(28,38)7/h8,22-23,25-34,43-47H,9-21H2,1-7H3/t22?,23?,25?,26?,27?,28?,29-,30?,31-,32?,33-,34+,37-,38+,39+,40-,41?/m0/s1. The Bertz CT molecular complexity index is 1360. The van der Waals surface area contributed by atoms with Crippen molar-refractivity contribution in [2.24, 2.45) is 62.1 Å². The lowest BCUT2D eigenvalue weighted by atomic mass is 9.33. The number of fused-ring (bicyclic) bond motifs is 8. The second-order valence-corrected chi connectivity index (χ2v) is 22.2. The zero-order chi connectivity index (χ0) is 35.3. The number of rotatable bonds is 5. The number of aliphatic hydroxyl groups is 5. The van der Waals surface area contributed by atoms with Crippen molar-refractivity contribution in [2.75, 3.05) is 6.61 Å². The molecule has 0 aromatic carbocycles. The molecule has 6 saturated carbocycles. The molecule has 5 N–H and O–H groups in total. The van der Waals surface area contributed by atoms with Crippen molar-refractivity contribution < 1.29 is 34.7 Å². The minimum Gasteiger partial charge on any atom is -0.396 e. The normalized spacial score (nSPS) is 57.6. The zero-order valence-electron chi connectivity index (χ0n) is 31.1. The molecule has 7 aliphatic carbocycles. The molecule has 8 rings (SSSR count). The summed E-state index contributed by atoms with van der Waals surface area (Å²) in [5.74, 6) is -2.23. The first-order chi connectivity index (χ1) is 22.8. The van der Waals surface area contributed by atoms with Crippen molar-refractivity contribution in [3.05, 3.63) is 11.6 Å². The molecule has 15 atom stereocenters. The number of aliphatic hydroxyl groups excluding tert-OH is 4. The Morgan fingerprint density at radius 3 is 2.29 bits per heavy atom.